The lowest BCUT2D eigenvalue weighted by Gasteiger charge is -2.12. The second kappa shape index (κ2) is 18.4. The maximum absolute atomic E-state index is 14.0. The van der Waals surface area contributed by atoms with E-state index in [2.05, 4.69) is 23.8 Å². The Kier molecular flexibility index (Phi) is 16.3. The van der Waals surface area contributed by atoms with Crippen molar-refractivity contribution in [3.63, 3.8) is 0 Å². The van der Waals surface area contributed by atoms with Crippen molar-refractivity contribution >= 4 is 5.97 Å². The molecule has 1 rings (SSSR count). The third-order valence-corrected chi connectivity index (χ3v) is 5.75. The van der Waals surface area contributed by atoms with Crippen LogP contribution in [0.5, 0.6) is 0 Å². The number of benzene rings is 1. The van der Waals surface area contributed by atoms with Crippen LogP contribution in [0, 0.1) is 23.3 Å². The molecule has 194 valence electrons. The molecule has 0 spiro atoms. The first-order valence-electron chi connectivity index (χ1n) is 12.6. The minimum absolute atomic E-state index is 0.0914. The van der Waals surface area contributed by atoms with Crippen LogP contribution in [0.25, 0.3) is 0 Å². The summed E-state index contributed by atoms with van der Waals surface area (Å²) < 4.78 is 65.3. The molecule has 0 aromatic heterocycles. The van der Waals surface area contributed by atoms with Crippen LogP contribution >= 0.6 is 0 Å². The maximum atomic E-state index is 14.0. The van der Waals surface area contributed by atoms with Gasteiger partial charge < -0.3 is 9.47 Å². The van der Waals surface area contributed by atoms with E-state index in [4.69, 9.17) is 4.74 Å². The van der Waals surface area contributed by atoms with Gasteiger partial charge in [0.25, 0.3) is 0 Å². The van der Waals surface area contributed by atoms with Crippen LogP contribution in [-0.4, -0.2) is 13.1 Å². The maximum Gasteiger partial charge on any atom is 0.306 e. The molecule has 0 saturated carbocycles. The fourth-order valence-corrected chi connectivity index (χ4v) is 3.69. The summed E-state index contributed by atoms with van der Waals surface area (Å²) in [5, 5.41) is 0. The monoisotopic (exact) mass is 488 g/mol. The van der Waals surface area contributed by atoms with Gasteiger partial charge >= 0.3 is 5.97 Å². The number of hydrogen-bond donors (Lipinski definition) is 0. The van der Waals surface area contributed by atoms with Gasteiger partial charge in [-0.25, -0.2) is 17.6 Å². The van der Waals surface area contributed by atoms with E-state index < -0.39 is 53.6 Å². The van der Waals surface area contributed by atoms with E-state index in [9.17, 15) is 22.4 Å². The summed E-state index contributed by atoms with van der Waals surface area (Å²) in [5.74, 6) is -6.87. The van der Waals surface area contributed by atoms with Crippen molar-refractivity contribution in [2.75, 3.05) is 7.11 Å². The Morgan fingerprint density at radius 1 is 0.676 bits per heavy atom. The van der Waals surface area contributed by atoms with Gasteiger partial charge in [-0.2, -0.15) is 0 Å². The Labute approximate surface area is 201 Å². The van der Waals surface area contributed by atoms with Crippen LogP contribution in [0.3, 0.4) is 0 Å². The van der Waals surface area contributed by atoms with Crippen LogP contribution in [0.1, 0.15) is 108 Å². The summed E-state index contributed by atoms with van der Waals surface area (Å²) in [6.07, 6.45) is 19.3. The van der Waals surface area contributed by atoms with Crippen molar-refractivity contribution in [3.05, 3.63) is 46.5 Å². The zero-order valence-corrected chi connectivity index (χ0v) is 20.7. The average Bonchev–Trinajstić information content (AvgIpc) is 2.83. The van der Waals surface area contributed by atoms with Gasteiger partial charge in [-0.05, 0) is 32.1 Å². The molecule has 0 unspecified atom stereocenters. The predicted octanol–water partition coefficient (Wildman–Crippen LogP) is 8.47. The van der Waals surface area contributed by atoms with Crippen molar-refractivity contribution in [1.29, 1.82) is 0 Å². The highest BCUT2D eigenvalue weighted by Crippen LogP contribution is 2.25. The average molecular weight is 489 g/mol. The summed E-state index contributed by atoms with van der Waals surface area (Å²) >= 11 is 0. The van der Waals surface area contributed by atoms with Crippen LogP contribution in [0.15, 0.2) is 12.2 Å². The SMILES string of the molecule is CCCCCCCC/C=C\CCCCCCCC(=O)OCc1c(F)c(F)c(COC)c(F)c1F. The predicted molar refractivity (Wildman–Crippen MR) is 126 cm³/mol. The molecule has 7 heteroatoms. The topological polar surface area (TPSA) is 35.5 Å². The zero-order valence-electron chi connectivity index (χ0n) is 20.7. The first-order chi connectivity index (χ1) is 16.4. The number of unbranched alkanes of at least 4 members (excludes halogenated alkanes) is 11. The standard InChI is InChI=1S/C27H40F4O3/c1-3-4-5-6-7-8-9-10-11-12-13-14-15-16-17-18-23(32)34-20-22-26(30)24(28)21(19-33-2)25(29)27(22)31/h10-11H,3-9,12-20H2,1-2H3/b11-10-. The Hall–Kier alpha value is -1.89. The molecule has 0 fully saturated rings. The van der Waals surface area contributed by atoms with Gasteiger partial charge in [0.1, 0.15) is 6.61 Å². The van der Waals surface area contributed by atoms with Crippen LogP contribution in [-0.2, 0) is 27.5 Å². The number of carbonyl (C=O) groups excluding carboxylic acids is 1. The van der Waals surface area contributed by atoms with Gasteiger partial charge in [-0.3, -0.25) is 4.79 Å². The zero-order chi connectivity index (χ0) is 25.2. The smallest absolute Gasteiger partial charge is 0.306 e. The highest BCUT2D eigenvalue weighted by Gasteiger charge is 2.25. The molecule has 0 N–H and O–H groups in total. The third-order valence-electron chi connectivity index (χ3n) is 5.75. The molecule has 0 radical (unpaired) electrons. The van der Waals surface area contributed by atoms with Crippen molar-refractivity contribution in [1.82, 2.24) is 0 Å². The molecular formula is C27H40F4O3. The first-order valence-corrected chi connectivity index (χ1v) is 12.6. The Morgan fingerprint density at radius 2 is 1.12 bits per heavy atom. The molecule has 0 amide bonds. The summed E-state index contributed by atoms with van der Waals surface area (Å²) in [4.78, 5) is 11.8. The summed E-state index contributed by atoms with van der Waals surface area (Å²) in [7, 11) is 1.15. The second-order valence-corrected chi connectivity index (χ2v) is 8.64. The van der Waals surface area contributed by atoms with E-state index in [0.29, 0.717) is 6.42 Å². The largest absolute Gasteiger partial charge is 0.461 e. The summed E-state index contributed by atoms with van der Waals surface area (Å²) in [6.45, 7) is 0.758. The van der Waals surface area contributed by atoms with Gasteiger partial charge in [0.15, 0.2) is 23.3 Å². The lowest BCUT2D eigenvalue weighted by Crippen LogP contribution is -2.12. The molecule has 0 bridgehead atoms. The lowest BCUT2D eigenvalue weighted by molar-refractivity contribution is -0.145. The molecule has 1 aromatic rings. The van der Waals surface area contributed by atoms with Gasteiger partial charge in [0.05, 0.1) is 17.7 Å². The van der Waals surface area contributed by atoms with Crippen molar-refractivity contribution in [2.45, 2.75) is 110 Å². The highest BCUT2D eigenvalue weighted by atomic mass is 19.2. The van der Waals surface area contributed by atoms with Gasteiger partial charge in [-0.1, -0.05) is 70.4 Å². The number of allylic oxidation sites excluding steroid dienone is 2. The van der Waals surface area contributed by atoms with Crippen molar-refractivity contribution in [3.8, 4) is 0 Å². The van der Waals surface area contributed by atoms with Crippen LogP contribution < -0.4 is 0 Å². The van der Waals surface area contributed by atoms with E-state index in [1.54, 1.807) is 0 Å². The number of hydrogen-bond acceptors (Lipinski definition) is 3. The Bertz CT molecular complexity index is 721. The van der Waals surface area contributed by atoms with Crippen molar-refractivity contribution in [2.24, 2.45) is 0 Å². The van der Waals surface area contributed by atoms with Crippen molar-refractivity contribution < 1.29 is 31.8 Å². The normalized spacial score (nSPS) is 11.5. The van der Waals surface area contributed by atoms with Gasteiger partial charge in [-0.15, -0.1) is 0 Å². The number of esters is 1. The fraction of sp³-hybridized carbons (Fsp3) is 0.667. The molecule has 0 aliphatic carbocycles. The van der Waals surface area contributed by atoms with E-state index in [1.165, 1.54) is 38.5 Å². The molecule has 0 atom stereocenters. The third kappa shape index (κ3) is 11.5. The number of rotatable bonds is 19. The van der Waals surface area contributed by atoms with E-state index in [0.717, 1.165) is 45.6 Å². The number of halogens is 4. The molecule has 0 aliphatic rings. The minimum atomic E-state index is -1.57. The second-order valence-electron chi connectivity index (χ2n) is 8.64. The Morgan fingerprint density at radius 3 is 1.62 bits per heavy atom. The number of carbonyl (C=O) groups is 1. The van der Waals surface area contributed by atoms with Gasteiger partial charge in [0.2, 0.25) is 0 Å². The first kappa shape index (κ1) is 30.1. The Balaban J connectivity index is 2.14. The summed E-state index contributed by atoms with van der Waals surface area (Å²) in [6, 6.07) is 0. The molecule has 0 heterocycles. The molecule has 1 aromatic carbocycles. The molecule has 3 nitrogen and oxygen atoms in total. The highest BCUT2D eigenvalue weighted by molar-refractivity contribution is 5.69. The molecular weight excluding hydrogens is 448 g/mol. The minimum Gasteiger partial charge on any atom is -0.461 e. The number of methoxy groups -OCH3 is 1. The van der Waals surface area contributed by atoms with E-state index in [1.807, 2.05) is 0 Å². The summed E-state index contributed by atoms with van der Waals surface area (Å²) in [5.41, 5.74) is -1.77. The number of ether oxygens (including phenoxy) is 2. The molecule has 34 heavy (non-hydrogen) atoms. The lowest BCUT2D eigenvalue weighted by atomic mass is 10.1. The quantitative estimate of drug-likeness (QED) is 0.0644. The molecule has 0 saturated heterocycles. The fourth-order valence-electron chi connectivity index (χ4n) is 3.69. The van der Waals surface area contributed by atoms with Crippen LogP contribution in [0.4, 0.5) is 17.6 Å². The molecule has 0 aliphatic heterocycles. The van der Waals surface area contributed by atoms with Gasteiger partial charge in [0, 0.05) is 13.5 Å². The van der Waals surface area contributed by atoms with E-state index >= 15 is 0 Å². The van der Waals surface area contributed by atoms with Crippen LogP contribution in [0.2, 0.25) is 0 Å². The van der Waals surface area contributed by atoms with E-state index in [-0.39, 0.29) is 6.42 Å².